The zero-order chi connectivity index (χ0) is 23.0. The van der Waals surface area contributed by atoms with Crippen LogP contribution in [0.15, 0.2) is 36.7 Å². The molecule has 4 heterocycles. The Hall–Kier alpha value is -2.93. The molecule has 0 bridgehead atoms. The molecule has 2 N–H and O–H groups in total. The number of rotatable bonds is 4. The van der Waals surface area contributed by atoms with Crippen molar-refractivity contribution in [3.8, 4) is 11.1 Å². The summed E-state index contributed by atoms with van der Waals surface area (Å²) in [5.74, 6) is -0.100. The van der Waals surface area contributed by atoms with E-state index in [0.717, 1.165) is 66.7 Å². The number of pyridine rings is 1. The number of aromatic amines is 1. The largest absolute Gasteiger partial charge is 0.370 e. The zero-order valence-corrected chi connectivity index (χ0v) is 19.9. The monoisotopic (exact) mass is 446 g/mol. The molecule has 2 aliphatic heterocycles. The van der Waals surface area contributed by atoms with Gasteiger partial charge in [-0.3, -0.25) is 19.8 Å². The third kappa shape index (κ3) is 4.60. The Kier molecular flexibility index (Phi) is 5.83. The number of carbonyl (C=O) groups is 1. The number of fused-ring (bicyclic) bond motifs is 1. The van der Waals surface area contributed by atoms with Crippen LogP contribution in [-0.4, -0.2) is 63.7 Å². The molecule has 1 amide bonds. The van der Waals surface area contributed by atoms with Crippen molar-refractivity contribution >= 4 is 22.5 Å². The lowest BCUT2D eigenvalue weighted by atomic mass is 9.98. The molecule has 5 rings (SSSR count). The molecule has 3 aromatic rings. The summed E-state index contributed by atoms with van der Waals surface area (Å²) in [6.07, 6.45) is 8.23. The van der Waals surface area contributed by atoms with Crippen LogP contribution in [0.3, 0.4) is 0 Å². The molecule has 2 fully saturated rings. The Morgan fingerprint density at radius 3 is 2.52 bits per heavy atom. The maximum atomic E-state index is 13.1. The smallest absolute Gasteiger partial charge is 0.272 e. The molecule has 0 spiro atoms. The van der Waals surface area contributed by atoms with Gasteiger partial charge in [-0.1, -0.05) is 6.07 Å². The van der Waals surface area contributed by atoms with Crippen LogP contribution in [0.2, 0.25) is 0 Å². The van der Waals surface area contributed by atoms with Gasteiger partial charge in [0.05, 0.1) is 17.4 Å². The molecular weight excluding hydrogens is 412 g/mol. The summed E-state index contributed by atoms with van der Waals surface area (Å²) in [6.45, 7) is 10.9. The van der Waals surface area contributed by atoms with E-state index in [4.69, 9.17) is 0 Å². The highest BCUT2D eigenvalue weighted by Crippen LogP contribution is 2.29. The van der Waals surface area contributed by atoms with Gasteiger partial charge >= 0.3 is 0 Å². The van der Waals surface area contributed by atoms with Crippen molar-refractivity contribution in [3.05, 3.63) is 42.4 Å². The number of benzene rings is 1. The lowest BCUT2D eigenvalue weighted by Gasteiger charge is -2.40. The average Bonchev–Trinajstić information content (AvgIpc) is 3.49. The van der Waals surface area contributed by atoms with Gasteiger partial charge in [-0.05, 0) is 70.2 Å². The summed E-state index contributed by atoms with van der Waals surface area (Å²) in [6, 6.07) is 8.50. The van der Waals surface area contributed by atoms with Crippen molar-refractivity contribution in [3.63, 3.8) is 0 Å². The third-order valence-electron chi connectivity index (χ3n) is 7.09. The van der Waals surface area contributed by atoms with Gasteiger partial charge < -0.3 is 10.2 Å². The molecular formula is C26H34N6O. The maximum absolute atomic E-state index is 13.1. The van der Waals surface area contributed by atoms with Gasteiger partial charge in [0, 0.05) is 54.9 Å². The SMILES string of the molecule is CC(C)(C)N1CCC(NC(=O)c2n[nH]c3ccc(-c4cncc(N5CCCC5)c4)cc23)CC1. The predicted molar refractivity (Wildman–Crippen MR) is 133 cm³/mol. The number of likely N-dealkylation sites (tertiary alicyclic amines) is 1. The number of piperidine rings is 1. The Balaban J connectivity index is 1.34. The minimum atomic E-state index is -0.100. The van der Waals surface area contributed by atoms with E-state index >= 15 is 0 Å². The molecule has 7 nitrogen and oxygen atoms in total. The summed E-state index contributed by atoms with van der Waals surface area (Å²) in [4.78, 5) is 22.5. The molecule has 0 unspecified atom stereocenters. The fourth-order valence-electron chi connectivity index (χ4n) is 5.05. The quantitative estimate of drug-likeness (QED) is 0.628. The first kappa shape index (κ1) is 21.9. The number of carbonyl (C=O) groups excluding carboxylic acids is 1. The molecule has 2 saturated heterocycles. The summed E-state index contributed by atoms with van der Waals surface area (Å²) in [7, 11) is 0. The minimum Gasteiger partial charge on any atom is -0.370 e. The van der Waals surface area contributed by atoms with E-state index in [0.29, 0.717) is 5.69 Å². The lowest BCUT2D eigenvalue weighted by molar-refractivity contribution is 0.0810. The van der Waals surface area contributed by atoms with E-state index < -0.39 is 0 Å². The van der Waals surface area contributed by atoms with Crippen molar-refractivity contribution in [1.82, 2.24) is 25.4 Å². The number of hydrogen-bond acceptors (Lipinski definition) is 5. The number of anilines is 1. The predicted octanol–water partition coefficient (Wildman–Crippen LogP) is 4.22. The minimum absolute atomic E-state index is 0.100. The van der Waals surface area contributed by atoms with E-state index in [1.165, 1.54) is 12.8 Å². The molecule has 0 saturated carbocycles. The van der Waals surface area contributed by atoms with Crippen LogP contribution in [-0.2, 0) is 0 Å². The third-order valence-corrected chi connectivity index (χ3v) is 7.09. The van der Waals surface area contributed by atoms with Crippen molar-refractivity contribution in [1.29, 1.82) is 0 Å². The highest BCUT2D eigenvalue weighted by Gasteiger charge is 2.28. The Bertz CT molecular complexity index is 1130. The summed E-state index contributed by atoms with van der Waals surface area (Å²) in [5.41, 5.74) is 4.78. The van der Waals surface area contributed by atoms with E-state index in [1.807, 2.05) is 18.5 Å². The molecule has 2 aromatic heterocycles. The summed E-state index contributed by atoms with van der Waals surface area (Å²) in [5, 5.41) is 11.5. The normalized spacial score (nSPS) is 18.2. The molecule has 33 heavy (non-hydrogen) atoms. The van der Waals surface area contributed by atoms with E-state index in [-0.39, 0.29) is 17.5 Å². The van der Waals surface area contributed by atoms with Gasteiger partial charge in [0.15, 0.2) is 5.69 Å². The molecule has 2 aliphatic rings. The van der Waals surface area contributed by atoms with E-state index in [9.17, 15) is 4.79 Å². The van der Waals surface area contributed by atoms with Gasteiger partial charge in [-0.15, -0.1) is 0 Å². The topological polar surface area (TPSA) is 77.1 Å². The highest BCUT2D eigenvalue weighted by molar-refractivity contribution is 6.05. The standard InChI is InChI=1S/C26H34N6O/c1-26(2,3)32-12-8-20(9-13-32)28-25(33)24-22-15-18(6-7-23(22)29-30-24)19-14-21(17-27-16-19)31-10-4-5-11-31/h6-7,14-17,20H,4-5,8-13H2,1-3H3,(H,28,33)(H,29,30). The summed E-state index contributed by atoms with van der Waals surface area (Å²) >= 11 is 0. The van der Waals surface area contributed by atoms with Crippen LogP contribution < -0.4 is 10.2 Å². The van der Waals surface area contributed by atoms with E-state index in [1.54, 1.807) is 0 Å². The van der Waals surface area contributed by atoms with Gasteiger partial charge in [0.25, 0.3) is 5.91 Å². The number of nitrogens with zero attached hydrogens (tertiary/aromatic N) is 4. The molecule has 1 aromatic carbocycles. The number of amides is 1. The number of nitrogens with one attached hydrogen (secondary N) is 2. The van der Waals surface area contributed by atoms with Gasteiger partial charge in [-0.2, -0.15) is 5.10 Å². The van der Waals surface area contributed by atoms with Gasteiger partial charge in [0.2, 0.25) is 0 Å². The second kappa shape index (κ2) is 8.78. The number of aromatic nitrogens is 3. The second-order valence-corrected chi connectivity index (χ2v) is 10.4. The molecule has 7 heteroatoms. The molecule has 0 aliphatic carbocycles. The number of H-pyrrole nitrogens is 1. The second-order valence-electron chi connectivity index (χ2n) is 10.4. The van der Waals surface area contributed by atoms with Crippen LogP contribution in [0.25, 0.3) is 22.0 Å². The lowest BCUT2D eigenvalue weighted by Crippen LogP contribution is -2.50. The zero-order valence-electron chi connectivity index (χ0n) is 19.9. The first-order valence-electron chi connectivity index (χ1n) is 12.1. The van der Waals surface area contributed by atoms with Crippen molar-refractivity contribution < 1.29 is 4.79 Å². The summed E-state index contributed by atoms with van der Waals surface area (Å²) < 4.78 is 0. The Labute approximate surface area is 195 Å². The van der Waals surface area contributed by atoms with Crippen molar-refractivity contribution in [2.24, 2.45) is 0 Å². The Morgan fingerprint density at radius 2 is 1.79 bits per heavy atom. The molecule has 0 atom stereocenters. The van der Waals surface area contributed by atoms with Crippen LogP contribution in [0, 0.1) is 0 Å². The van der Waals surface area contributed by atoms with E-state index in [2.05, 4.69) is 69.3 Å². The first-order chi connectivity index (χ1) is 15.9. The molecule has 174 valence electrons. The first-order valence-corrected chi connectivity index (χ1v) is 12.1. The number of hydrogen-bond donors (Lipinski definition) is 2. The van der Waals surface area contributed by atoms with Crippen molar-refractivity contribution in [2.75, 3.05) is 31.1 Å². The van der Waals surface area contributed by atoms with Gasteiger partial charge in [-0.25, -0.2) is 0 Å². The fourth-order valence-corrected chi connectivity index (χ4v) is 5.05. The molecule has 0 radical (unpaired) electrons. The van der Waals surface area contributed by atoms with Crippen LogP contribution in [0.1, 0.15) is 56.9 Å². The van der Waals surface area contributed by atoms with Crippen molar-refractivity contribution in [2.45, 2.75) is 58.0 Å². The fraction of sp³-hybridized carbons (Fsp3) is 0.500. The highest BCUT2D eigenvalue weighted by atomic mass is 16.2. The van der Waals surface area contributed by atoms with Crippen LogP contribution >= 0.6 is 0 Å². The average molecular weight is 447 g/mol. The maximum Gasteiger partial charge on any atom is 0.272 e. The Morgan fingerprint density at radius 1 is 1.03 bits per heavy atom. The van der Waals surface area contributed by atoms with Crippen LogP contribution in [0.5, 0.6) is 0 Å². The van der Waals surface area contributed by atoms with Gasteiger partial charge in [0.1, 0.15) is 0 Å². The van der Waals surface area contributed by atoms with Crippen LogP contribution in [0.4, 0.5) is 5.69 Å².